The van der Waals surface area contributed by atoms with Crippen molar-refractivity contribution in [2.24, 2.45) is 0 Å². The van der Waals surface area contributed by atoms with Gasteiger partial charge in [0.15, 0.2) is 17.3 Å². The molecular weight excluding hydrogens is 350 g/mol. The highest BCUT2D eigenvalue weighted by Gasteiger charge is 2.31. The van der Waals surface area contributed by atoms with Gasteiger partial charge in [-0.2, -0.15) is 5.10 Å². The lowest BCUT2D eigenvalue weighted by Crippen LogP contribution is -2.35. The maximum atomic E-state index is 12.8. The first-order chi connectivity index (χ1) is 12.8. The molecule has 0 aliphatic carbocycles. The number of amides is 1. The number of aliphatic carboxylic acids is 1. The van der Waals surface area contributed by atoms with E-state index in [4.69, 9.17) is 14.6 Å². The lowest BCUT2D eigenvalue weighted by Gasteiger charge is -2.25. The van der Waals surface area contributed by atoms with E-state index in [1.165, 1.54) is 10.9 Å². The largest absolute Gasteiger partial charge is 0.490 e. The SMILES string of the molecule is CCOc1ccc(C(C)(C)C(=O)Nc2ccn(CC(=O)O)n2)cc1OCC. The van der Waals surface area contributed by atoms with E-state index >= 15 is 0 Å². The number of rotatable bonds is 9. The Morgan fingerprint density at radius 3 is 2.44 bits per heavy atom. The zero-order valence-corrected chi connectivity index (χ0v) is 16.0. The number of hydrogen-bond donors (Lipinski definition) is 2. The van der Waals surface area contributed by atoms with Crippen LogP contribution in [0.3, 0.4) is 0 Å². The predicted octanol–water partition coefficient (Wildman–Crippen LogP) is 2.68. The van der Waals surface area contributed by atoms with Crippen LogP contribution < -0.4 is 14.8 Å². The van der Waals surface area contributed by atoms with Gasteiger partial charge >= 0.3 is 5.97 Å². The average Bonchev–Trinajstić information content (AvgIpc) is 3.02. The van der Waals surface area contributed by atoms with E-state index < -0.39 is 11.4 Å². The topological polar surface area (TPSA) is 103 Å². The minimum absolute atomic E-state index is 0.268. The van der Waals surface area contributed by atoms with Crippen molar-refractivity contribution >= 4 is 17.7 Å². The van der Waals surface area contributed by atoms with Crippen molar-refractivity contribution in [2.45, 2.75) is 39.7 Å². The van der Waals surface area contributed by atoms with Crippen LogP contribution in [0.2, 0.25) is 0 Å². The first-order valence-corrected chi connectivity index (χ1v) is 8.74. The quantitative estimate of drug-likeness (QED) is 0.698. The van der Waals surface area contributed by atoms with Crippen molar-refractivity contribution in [2.75, 3.05) is 18.5 Å². The molecule has 0 radical (unpaired) electrons. The van der Waals surface area contributed by atoms with Gasteiger partial charge in [0.25, 0.3) is 0 Å². The number of carbonyl (C=O) groups is 2. The second-order valence-electron chi connectivity index (χ2n) is 6.40. The summed E-state index contributed by atoms with van der Waals surface area (Å²) in [5.74, 6) is 0.240. The lowest BCUT2D eigenvalue weighted by atomic mass is 9.83. The van der Waals surface area contributed by atoms with Gasteiger partial charge in [0.05, 0.1) is 18.6 Å². The second-order valence-corrected chi connectivity index (χ2v) is 6.40. The van der Waals surface area contributed by atoms with Gasteiger partial charge in [-0.1, -0.05) is 6.07 Å². The third-order valence-electron chi connectivity index (χ3n) is 4.01. The zero-order chi connectivity index (χ0) is 20.0. The molecular formula is C19H25N3O5. The Morgan fingerprint density at radius 2 is 1.81 bits per heavy atom. The van der Waals surface area contributed by atoms with E-state index in [1.54, 1.807) is 32.0 Å². The van der Waals surface area contributed by atoms with Crippen LogP contribution in [-0.4, -0.2) is 40.0 Å². The van der Waals surface area contributed by atoms with Gasteiger partial charge < -0.3 is 19.9 Å². The van der Waals surface area contributed by atoms with E-state index in [9.17, 15) is 9.59 Å². The molecule has 2 N–H and O–H groups in total. The Kier molecular flexibility index (Phi) is 6.44. The molecule has 2 rings (SSSR count). The van der Waals surface area contributed by atoms with E-state index in [0.717, 1.165) is 5.56 Å². The molecule has 146 valence electrons. The minimum Gasteiger partial charge on any atom is -0.490 e. The van der Waals surface area contributed by atoms with Gasteiger partial charge in [0.2, 0.25) is 5.91 Å². The van der Waals surface area contributed by atoms with Crippen LogP contribution in [0.1, 0.15) is 33.3 Å². The van der Waals surface area contributed by atoms with Crippen molar-refractivity contribution in [3.05, 3.63) is 36.0 Å². The van der Waals surface area contributed by atoms with Gasteiger partial charge in [-0.05, 0) is 45.4 Å². The molecule has 8 nitrogen and oxygen atoms in total. The number of nitrogens with one attached hydrogen (secondary N) is 1. The standard InChI is InChI=1S/C19H25N3O5/c1-5-26-14-8-7-13(11-15(14)27-6-2)19(3,4)18(25)20-16-9-10-22(21-16)12-17(23)24/h7-11H,5-6,12H2,1-4H3,(H,23,24)(H,20,21,25). The highest BCUT2D eigenvalue weighted by atomic mass is 16.5. The van der Waals surface area contributed by atoms with Crippen LogP contribution in [0.25, 0.3) is 0 Å². The van der Waals surface area contributed by atoms with Gasteiger partial charge in [-0.3, -0.25) is 14.3 Å². The Bertz CT molecular complexity index is 813. The number of benzene rings is 1. The molecule has 1 heterocycles. The number of carbonyl (C=O) groups excluding carboxylic acids is 1. The molecule has 0 saturated carbocycles. The van der Waals surface area contributed by atoms with Gasteiger partial charge in [-0.25, -0.2) is 0 Å². The number of hydrogen-bond acceptors (Lipinski definition) is 5. The van der Waals surface area contributed by atoms with Crippen LogP contribution in [0.5, 0.6) is 11.5 Å². The van der Waals surface area contributed by atoms with Crippen molar-refractivity contribution in [1.82, 2.24) is 9.78 Å². The first kappa shape index (κ1) is 20.3. The van der Waals surface area contributed by atoms with Crippen LogP contribution in [-0.2, 0) is 21.5 Å². The Hall–Kier alpha value is -3.03. The van der Waals surface area contributed by atoms with Crippen LogP contribution in [0.15, 0.2) is 30.5 Å². The molecule has 2 aromatic rings. The first-order valence-electron chi connectivity index (χ1n) is 8.74. The minimum atomic E-state index is -1.01. The Labute approximate surface area is 158 Å². The summed E-state index contributed by atoms with van der Waals surface area (Å²) in [6.07, 6.45) is 1.50. The molecule has 8 heteroatoms. The number of carboxylic acids is 1. The molecule has 0 spiro atoms. The Balaban J connectivity index is 2.20. The summed E-state index contributed by atoms with van der Waals surface area (Å²) in [5.41, 5.74) is -0.107. The summed E-state index contributed by atoms with van der Waals surface area (Å²) in [7, 11) is 0. The van der Waals surface area contributed by atoms with Crippen LogP contribution in [0, 0.1) is 0 Å². The summed E-state index contributed by atoms with van der Waals surface area (Å²) in [4.78, 5) is 23.5. The molecule has 27 heavy (non-hydrogen) atoms. The number of aromatic nitrogens is 2. The highest BCUT2D eigenvalue weighted by Crippen LogP contribution is 2.34. The van der Waals surface area contributed by atoms with Crippen molar-refractivity contribution in [3.8, 4) is 11.5 Å². The number of anilines is 1. The molecule has 0 fully saturated rings. The van der Waals surface area contributed by atoms with Gasteiger partial charge in [0.1, 0.15) is 6.54 Å². The van der Waals surface area contributed by atoms with E-state index in [2.05, 4.69) is 10.4 Å². The van der Waals surface area contributed by atoms with E-state index in [1.807, 2.05) is 19.9 Å². The molecule has 0 aliphatic heterocycles. The van der Waals surface area contributed by atoms with Crippen molar-refractivity contribution in [1.29, 1.82) is 0 Å². The summed E-state index contributed by atoms with van der Waals surface area (Å²) >= 11 is 0. The van der Waals surface area contributed by atoms with E-state index in [-0.39, 0.29) is 12.5 Å². The monoisotopic (exact) mass is 375 g/mol. The molecule has 1 aromatic carbocycles. The van der Waals surface area contributed by atoms with Crippen LogP contribution >= 0.6 is 0 Å². The fraction of sp³-hybridized carbons (Fsp3) is 0.421. The fourth-order valence-corrected chi connectivity index (χ4v) is 2.50. The predicted molar refractivity (Wildman–Crippen MR) is 100 cm³/mol. The molecule has 0 unspecified atom stereocenters. The Morgan fingerprint density at radius 1 is 1.15 bits per heavy atom. The molecule has 0 aliphatic rings. The maximum Gasteiger partial charge on any atom is 0.325 e. The third-order valence-corrected chi connectivity index (χ3v) is 4.01. The summed E-state index contributed by atoms with van der Waals surface area (Å²) in [5, 5.41) is 15.6. The van der Waals surface area contributed by atoms with Crippen molar-refractivity contribution < 1.29 is 24.2 Å². The molecule has 0 bridgehead atoms. The third kappa shape index (κ3) is 4.99. The number of ether oxygens (including phenoxy) is 2. The highest BCUT2D eigenvalue weighted by molar-refractivity contribution is 5.98. The van der Waals surface area contributed by atoms with Crippen LogP contribution in [0.4, 0.5) is 5.82 Å². The second kappa shape index (κ2) is 8.57. The van der Waals surface area contributed by atoms with Gasteiger partial charge in [-0.15, -0.1) is 0 Å². The lowest BCUT2D eigenvalue weighted by molar-refractivity contribution is -0.137. The average molecular weight is 375 g/mol. The molecule has 0 saturated heterocycles. The number of nitrogens with zero attached hydrogens (tertiary/aromatic N) is 2. The smallest absolute Gasteiger partial charge is 0.325 e. The summed E-state index contributed by atoms with van der Waals surface area (Å²) in [6.45, 7) is 8.09. The van der Waals surface area contributed by atoms with Gasteiger partial charge in [0, 0.05) is 12.3 Å². The summed E-state index contributed by atoms with van der Waals surface area (Å²) in [6, 6.07) is 6.98. The molecule has 0 atom stereocenters. The van der Waals surface area contributed by atoms with Crippen molar-refractivity contribution in [3.63, 3.8) is 0 Å². The molecule has 1 aromatic heterocycles. The van der Waals surface area contributed by atoms with E-state index in [0.29, 0.717) is 30.5 Å². The molecule has 1 amide bonds. The maximum absolute atomic E-state index is 12.8. The zero-order valence-electron chi connectivity index (χ0n) is 16.0. The summed E-state index contributed by atoms with van der Waals surface area (Å²) < 4.78 is 12.4. The number of carboxylic acid groups (broad SMARTS) is 1. The normalized spacial score (nSPS) is 11.1. The fourth-order valence-electron chi connectivity index (χ4n) is 2.50.